The van der Waals surface area contributed by atoms with Crippen LogP contribution in [0.25, 0.3) is 22.8 Å². The van der Waals surface area contributed by atoms with Crippen molar-refractivity contribution in [2.45, 2.75) is 20.0 Å². The van der Waals surface area contributed by atoms with Crippen molar-refractivity contribution in [1.82, 2.24) is 10.1 Å². The van der Waals surface area contributed by atoms with Crippen LogP contribution in [-0.4, -0.2) is 23.4 Å². The lowest BCUT2D eigenvalue weighted by atomic mass is 10.2. The molecule has 1 heterocycles. The Hall–Kier alpha value is -2.82. The number of rotatable bonds is 5. The van der Waals surface area contributed by atoms with Crippen molar-refractivity contribution in [1.29, 1.82) is 0 Å². The third kappa shape index (κ3) is 3.51. The maximum Gasteiger partial charge on any atom is 0.258 e. The van der Waals surface area contributed by atoms with E-state index in [0.717, 1.165) is 22.6 Å². The van der Waals surface area contributed by atoms with Crippen LogP contribution < -0.4 is 9.47 Å². The van der Waals surface area contributed by atoms with Gasteiger partial charge in [-0.15, -0.1) is 0 Å². The number of benzene rings is 2. The van der Waals surface area contributed by atoms with Gasteiger partial charge < -0.3 is 14.0 Å². The molecule has 0 atom stereocenters. The molecule has 0 radical (unpaired) electrons. The highest BCUT2D eigenvalue weighted by atomic mass is 16.5. The zero-order chi connectivity index (χ0) is 16.2. The van der Waals surface area contributed by atoms with E-state index in [1.54, 1.807) is 7.11 Å². The minimum absolute atomic E-state index is 0.143. The molecule has 0 aliphatic carbocycles. The SMILES string of the molecule is COc1cccc(-c2noc(-c3ccc(OC(C)C)cc3)n2)c1. The van der Waals surface area contributed by atoms with E-state index in [-0.39, 0.29) is 6.10 Å². The normalized spacial score (nSPS) is 10.8. The Bertz CT molecular complexity index is 779. The first-order chi connectivity index (χ1) is 11.2. The summed E-state index contributed by atoms with van der Waals surface area (Å²) in [5.41, 5.74) is 1.70. The summed E-state index contributed by atoms with van der Waals surface area (Å²) in [6.45, 7) is 3.98. The van der Waals surface area contributed by atoms with Gasteiger partial charge in [0, 0.05) is 11.1 Å². The topological polar surface area (TPSA) is 57.4 Å². The molecule has 1 aromatic heterocycles. The molecule has 0 fully saturated rings. The summed E-state index contributed by atoms with van der Waals surface area (Å²) in [6.07, 6.45) is 0.143. The fourth-order valence-electron chi connectivity index (χ4n) is 2.17. The quantitative estimate of drug-likeness (QED) is 0.707. The Morgan fingerprint density at radius 1 is 0.957 bits per heavy atom. The third-order valence-electron chi connectivity index (χ3n) is 3.23. The lowest BCUT2D eigenvalue weighted by molar-refractivity contribution is 0.242. The molecule has 5 heteroatoms. The standard InChI is InChI=1S/C18H18N2O3/c1-12(2)22-15-9-7-13(8-10-15)18-19-17(20-23-18)14-5-4-6-16(11-14)21-3/h4-12H,1-3H3. The van der Waals surface area contributed by atoms with Crippen LogP contribution in [0.4, 0.5) is 0 Å². The van der Waals surface area contributed by atoms with E-state index < -0.39 is 0 Å². The third-order valence-corrected chi connectivity index (χ3v) is 3.23. The molecule has 0 N–H and O–H groups in total. The van der Waals surface area contributed by atoms with E-state index in [4.69, 9.17) is 14.0 Å². The predicted octanol–water partition coefficient (Wildman–Crippen LogP) is 4.20. The van der Waals surface area contributed by atoms with Crippen molar-refractivity contribution in [2.75, 3.05) is 7.11 Å². The van der Waals surface area contributed by atoms with Gasteiger partial charge in [-0.05, 0) is 50.2 Å². The summed E-state index contributed by atoms with van der Waals surface area (Å²) in [7, 11) is 1.63. The van der Waals surface area contributed by atoms with Crippen molar-refractivity contribution in [3.63, 3.8) is 0 Å². The number of ether oxygens (including phenoxy) is 2. The van der Waals surface area contributed by atoms with Gasteiger partial charge in [-0.25, -0.2) is 0 Å². The molecular weight excluding hydrogens is 292 g/mol. The van der Waals surface area contributed by atoms with Gasteiger partial charge in [0.25, 0.3) is 5.89 Å². The molecule has 23 heavy (non-hydrogen) atoms. The van der Waals surface area contributed by atoms with Crippen LogP contribution >= 0.6 is 0 Å². The largest absolute Gasteiger partial charge is 0.497 e. The lowest BCUT2D eigenvalue weighted by Gasteiger charge is -2.09. The van der Waals surface area contributed by atoms with E-state index in [1.165, 1.54) is 0 Å². The van der Waals surface area contributed by atoms with Crippen molar-refractivity contribution in [2.24, 2.45) is 0 Å². The van der Waals surface area contributed by atoms with Gasteiger partial charge in [-0.2, -0.15) is 4.98 Å². The zero-order valence-corrected chi connectivity index (χ0v) is 13.3. The summed E-state index contributed by atoms with van der Waals surface area (Å²) in [5, 5.41) is 4.04. The minimum atomic E-state index is 0.143. The zero-order valence-electron chi connectivity index (χ0n) is 13.3. The van der Waals surface area contributed by atoms with Crippen LogP contribution in [0.2, 0.25) is 0 Å². The molecule has 3 aromatic rings. The van der Waals surface area contributed by atoms with Crippen LogP contribution in [0.5, 0.6) is 11.5 Å². The smallest absolute Gasteiger partial charge is 0.258 e. The van der Waals surface area contributed by atoms with Crippen molar-refractivity contribution in [3.8, 4) is 34.3 Å². The van der Waals surface area contributed by atoms with Gasteiger partial charge in [0.05, 0.1) is 13.2 Å². The van der Waals surface area contributed by atoms with E-state index in [0.29, 0.717) is 11.7 Å². The molecule has 118 valence electrons. The molecule has 0 unspecified atom stereocenters. The Labute approximate surface area is 134 Å². The second kappa shape index (κ2) is 6.52. The number of hydrogen-bond acceptors (Lipinski definition) is 5. The Balaban J connectivity index is 1.83. The molecule has 0 amide bonds. The summed E-state index contributed by atoms with van der Waals surface area (Å²) in [6, 6.07) is 15.1. The lowest BCUT2D eigenvalue weighted by Crippen LogP contribution is -2.05. The van der Waals surface area contributed by atoms with Crippen molar-refractivity contribution in [3.05, 3.63) is 48.5 Å². The van der Waals surface area contributed by atoms with Gasteiger partial charge in [0.1, 0.15) is 11.5 Å². The van der Waals surface area contributed by atoms with Gasteiger partial charge in [0.2, 0.25) is 5.82 Å². The highest BCUT2D eigenvalue weighted by Gasteiger charge is 2.11. The van der Waals surface area contributed by atoms with Crippen molar-refractivity contribution >= 4 is 0 Å². The predicted molar refractivity (Wildman–Crippen MR) is 87.5 cm³/mol. The number of nitrogens with zero attached hydrogens (tertiary/aromatic N) is 2. The fraction of sp³-hybridized carbons (Fsp3) is 0.222. The fourth-order valence-corrected chi connectivity index (χ4v) is 2.17. The van der Waals surface area contributed by atoms with Gasteiger partial charge in [0.15, 0.2) is 0 Å². The van der Waals surface area contributed by atoms with Crippen LogP contribution in [0.1, 0.15) is 13.8 Å². The average Bonchev–Trinajstić information content (AvgIpc) is 3.05. The molecule has 0 saturated heterocycles. The molecule has 0 aliphatic rings. The Morgan fingerprint density at radius 3 is 2.43 bits per heavy atom. The molecule has 0 bridgehead atoms. The number of hydrogen-bond donors (Lipinski definition) is 0. The van der Waals surface area contributed by atoms with Crippen LogP contribution in [-0.2, 0) is 0 Å². The second-order valence-corrected chi connectivity index (χ2v) is 5.35. The number of aromatic nitrogens is 2. The van der Waals surface area contributed by atoms with Crippen LogP contribution in [0.15, 0.2) is 53.1 Å². The molecule has 5 nitrogen and oxygen atoms in total. The highest BCUT2D eigenvalue weighted by molar-refractivity contribution is 5.61. The molecule has 0 aliphatic heterocycles. The first-order valence-corrected chi connectivity index (χ1v) is 7.41. The molecule has 0 saturated carbocycles. The Kier molecular flexibility index (Phi) is 4.28. The first kappa shape index (κ1) is 15.1. The van der Waals surface area contributed by atoms with Gasteiger partial charge in [-0.3, -0.25) is 0 Å². The maximum absolute atomic E-state index is 5.62. The second-order valence-electron chi connectivity index (χ2n) is 5.35. The summed E-state index contributed by atoms with van der Waals surface area (Å²) in [4.78, 5) is 4.44. The monoisotopic (exact) mass is 310 g/mol. The number of methoxy groups -OCH3 is 1. The minimum Gasteiger partial charge on any atom is -0.497 e. The summed E-state index contributed by atoms with van der Waals surface area (Å²) >= 11 is 0. The van der Waals surface area contributed by atoms with E-state index in [9.17, 15) is 0 Å². The van der Waals surface area contributed by atoms with Crippen molar-refractivity contribution < 1.29 is 14.0 Å². The maximum atomic E-state index is 5.62. The van der Waals surface area contributed by atoms with E-state index >= 15 is 0 Å². The molecule has 3 rings (SSSR count). The van der Waals surface area contributed by atoms with E-state index in [1.807, 2.05) is 62.4 Å². The highest BCUT2D eigenvalue weighted by Crippen LogP contribution is 2.26. The van der Waals surface area contributed by atoms with Gasteiger partial charge >= 0.3 is 0 Å². The van der Waals surface area contributed by atoms with Gasteiger partial charge in [-0.1, -0.05) is 17.3 Å². The molecular formula is C18H18N2O3. The van der Waals surface area contributed by atoms with E-state index in [2.05, 4.69) is 10.1 Å². The summed E-state index contributed by atoms with van der Waals surface area (Å²) < 4.78 is 16.2. The molecule has 0 spiro atoms. The van der Waals surface area contributed by atoms with Crippen LogP contribution in [0.3, 0.4) is 0 Å². The summed E-state index contributed by atoms with van der Waals surface area (Å²) in [5.74, 6) is 2.57. The Morgan fingerprint density at radius 2 is 1.74 bits per heavy atom. The molecule has 2 aromatic carbocycles. The first-order valence-electron chi connectivity index (χ1n) is 7.41. The van der Waals surface area contributed by atoms with Crippen LogP contribution in [0, 0.1) is 0 Å². The average molecular weight is 310 g/mol.